The Bertz CT molecular complexity index is 533. The zero-order valence-corrected chi connectivity index (χ0v) is 15.3. The first-order chi connectivity index (χ1) is 10.7. The van der Waals surface area contributed by atoms with E-state index >= 15 is 0 Å². The average molecular weight is 318 g/mol. The molecule has 2 amide bonds. The molecule has 0 aromatic heterocycles. The second-order valence-electron chi connectivity index (χ2n) is 6.94. The van der Waals surface area contributed by atoms with Crippen LogP contribution in [0.5, 0.6) is 0 Å². The molecule has 0 atom stereocenters. The van der Waals surface area contributed by atoms with Gasteiger partial charge in [0.15, 0.2) is 0 Å². The minimum Gasteiger partial charge on any atom is -0.345 e. The Kier molecular flexibility index (Phi) is 6.79. The summed E-state index contributed by atoms with van der Waals surface area (Å²) < 4.78 is 0. The predicted octanol–water partition coefficient (Wildman–Crippen LogP) is 4.03. The lowest BCUT2D eigenvalue weighted by Gasteiger charge is -2.28. The molecule has 4 heteroatoms. The summed E-state index contributed by atoms with van der Waals surface area (Å²) in [6, 6.07) is 7.77. The van der Waals surface area contributed by atoms with Crippen LogP contribution in [0, 0.1) is 5.41 Å². The zero-order chi connectivity index (χ0) is 17.6. The van der Waals surface area contributed by atoms with Gasteiger partial charge in [0.05, 0.1) is 0 Å². The number of rotatable bonds is 7. The molecule has 1 aromatic carbocycles. The molecule has 0 fully saturated rings. The molecule has 0 heterocycles. The van der Waals surface area contributed by atoms with Crippen LogP contribution in [0.15, 0.2) is 24.3 Å². The summed E-state index contributed by atoms with van der Waals surface area (Å²) in [6.07, 6.45) is 1.96. The quantitative estimate of drug-likeness (QED) is 0.772. The number of nitrogens with zero attached hydrogens (tertiary/aromatic N) is 1. The number of nitrogens with one attached hydrogen (secondary N) is 1. The van der Waals surface area contributed by atoms with Crippen LogP contribution in [0.4, 0.5) is 5.69 Å². The Hall–Kier alpha value is -1.84. The Labute approximate surface area is 140 Å². The van der Waals surface area contributed by atoms with Crippen LogP contribution in [0.3, 0.4) is 0 Å². The van der Waals surface area contributed by atoms with E-state index in [0.29, 0.717) is 12.5 Å². The minimum absolute atomic E-state index is 0.151. The van der Waals surface area contributed by atoms with Crippen molar-refractivity contribution in [2.24, 2.45) is 5.41 Å². The average Bonchev–Trinajstić information content (AvgIpc) is 2.52. The molecule has 0 saturated carbocycles. The fraction of sp³-hybridized carbons (Fsp3) is 0.579. The first-order valence-corrected chi connectivity index (χ1v) is 8.37. The smallest absolute Gasteiger partial charge is 0.239 e. The number of hydrogen-bond acceptors (Lipinski definition) is 2. The number of anilines is 1. The second-order valence-corrected chi connectivity index (χ2v) is 6.94. The van der Waals surface area contributed by atoms with Crippen LogP contribution >= 0.6 is 0 Å². The highest BCUT2D eigenvalue weighted by Crippen LogP contribution is 2.23. The Morgan fingerprint density at radius 1 is 1.17 bits per heavy atom. The first kappa shape index (κ1) is 19.2. The van der Waals surface area contributed by atoms with Crippen molar-refractivity contribution in [3.63, 3.8) is 0 Å². The van der Waals surface area contributed by atoms with Crippen LogP contribution in [-0.2, 0) is 9.59 Å². The molecule has 0 aliphatic rings. The number of carbonyl (C=O) groups excluding carboxylic acids is 2. The van der Waals surface area contributed by atoms with Crippen molar-refractivity contribution in [1.29, 1.82) is 0 Å². The van der Waals surface area contributed by atoms with Crippen LogP contribution in [-0.4, -0.2) is 30.3 Å². The largest absolute Gasteiger partial charge is 0.345 e. The monoisotopic (exact) mass is 318 g/mol. The second kappa shape index (κ2) is 8.14. The molecule has 1 N–H and O–H groups in total. The summed E-state index contributed by atoms with van der Waals surface area (Å²) in [5.74, 6) is 0.0235. The van der Waals surface area contributed by atoms with Gasteiger partial charge in [0.25, 0.3) is 0 Å². The van der Waals surface area contributed by atoms with E-state index in [4.69, 9.17) is 0 Å². The fourth-order valence-electron chi connectivity index (χ4n) is 2.31. The van der Waals surface area contributed by atoms with E-state index in [-0.39, 0.29) is 11.8 Å². The van der Waals surface area contributed by atoms with Gasteiger partial charge in [0.1, 0.15) is 5.41 Å². The van der Waals surface area contributed by atoms with Gasteiger partial charge in [-0.05, 0) is 43.9 Å². The zero-order valence-electron chi connectivity index (χ0n) is 15.3. The van der Waals surface area contributed by atoms with Crippen molar-refractivity contribution in [1.82, 2.24) is 4.90 Å². The maximum absolute atomic E-state index is 12.5. The summed E-state index contributed by atoms with van der Waals surface area (Å²) in [5.41, 5.74) is 0.855. The van der Waals surface area contributed by atoms with E-state index < -0.39 is 5.41 Å². The van der Waals surface area contributed by atoms with Crippen LogP contribution < -0.4 is 5.32 Å². The van der Waals surface area contributed by atoms with Gasteiger partial charge in [-0.25, -0.2) is 0 Å². The van der Waals surface area contributed by atoms with Crippen LogP contribution in [0.2, 0.25) is 0 Å². The molecule has 1 aromatic rings. The Balaban J connectivity index is 2.76. The normalized spacial score (nSPS) is 11.4. The van der Waals surface area contributed by atoms with Gasteiger partial charge >= 0.3 is 0 Å². The Morgan fingerprint density at radius 3 is 2.22 bits per heavy atom. The maximum Gasteiger partial charge on any atom is 0.239 e. The predicted molar refractivity (Wildman–Crippen MR) is 95.5 cm³/mol. The summed E-state index contributed by atoms with van der Waals surface area (Å²) in [4.78, 5) is 26.7. The molecule has 128 valence electrons. The van der Waals surface area contributed by atoms with E-state index in [1.807, 2.05) is 24.3 Å². The van der Waals surface area contributed by atoms with E-state index in [1.54, 1.807) is 25.8 Å². The van der Waals surface area contributed by atoms with Gasteiger partial charge in [-0.3, -0.25) is 9.59 Å². The van der Waals surface area contributed by atoms with E-state index in [1.165, 1.54) is 5.56 Å². The van der Waals surface area contributed by atoms with Crippen LogP contribution in [0.25, 0.3) is 0 Å². The van der Waals surface area contributed by atoms with Crippen LogP contribution in [0.1, 0.15) is 58.9 Å². The molecular weight excluding hydrogens is 288 g/mol. The third-order valence-electron chi connectivity index (χ3n) is 4.13. The van der Waals surface area contributed by atoms with Gasteiger partial charge in [0.2, 0.25) is 11.8 Å². The van der Waals surface area contributed by atoms with Crippen molar-refractivity contribution >= 4 is 17.5 Å². The lowest BCUT2D eigenvalue weighted by Crippen LogP contribution is -2.46. The number of amides is 2. The lowest BCUT2D eigenvalue weighted by atomic mass is 9.90. The SMILES string of the molecule is CCCCN(C)C(=O)C(C)(C)C(=O)Nc1ccc(C(C)C)cc1. The van der Waals surface area contributed by atoms with E-state index in [9.17, 15) is 9.59 Å². The summed E-state index contributed by atoms with van der Waals surface area (Å²) in [7, 11) is 1.75. The lowest BCUT2D eigenvalue weighted by molar-refractivity contribution is -0.145. The number of hydrogen-bond donors (Lipinski definition) is 1. The van der Waals surface area contributed by atoms with E-state index in [0.717, 1.165) is 18.5 Å². The molecule has 0 unspecified atom stereocenters. The third-order valence-corrected chi connectivity index (χ3v) is 4.13. The van der Waals surface area contributed by atoms with Gasteiger partial charge in [-0.15, -0.1) is 0 Å². The summed E-state index contributed by atoms with van der Waals surface area (Å²) in [5, 5.41) is 2.85. The summed E-state index contributed by atoms with van der Waals surface area (Å²) in [6.45, 7) is 10.4. The van der Waals surface area contributed by atoms with Crippen molar-refractivity contribution in [2.45, 2.75) is 53.4 Å². The molecule has 0 bridgehead atoms. The van der Waals surface area contributed by atoms with Crippen molar-refractivity contribution in [2.75, 3.05) is 18.9 Å². The third kappa shape index (κ3) is 5.08. The van der Waals surface area contributed by atoms with Gasteiger partial charge in [-0.2, -0.15) is 0 Å². The highest BCUT2D eigenvalue weighted by molar-refractivity contribution is 6.09. The topological polar surface area (TPSA) is 49.4 Å². The molecule has 0 saturated heterocycles. The van der Waals surface area contributed by atoms with Crippen molar-refractivity contribution in [3.05, 3.63) is 29.8 Å². The molecule has 1 rings (SSSR count). The standard InChI is InChI=1S/C19H30N2O2/c1-7-8-13-21(6)18(23)19(4,5)17(22)20-16-11-9-15(10-12-16)14(2)3/h9-12,14H,7-8,13H2,1-6H3,(H,20,22). The number of unbranched alkanes of at least 4 members (excludes halogenated alkanes) is 1. The van der Waals surface area contributed by atoms with Gasteiger partial charge < -0.3 is 10.2 Å². The van der Waals surface area contributed by atoms with Crippen molar-refractivity contribution < 1.29 is 9.59 Å². The first-order valence-electron chi connectivity index (χ1n) is 8.37. The van der Waals surface area contributed by atoms with E-state index in [2.05, 4.69) is 26.1 Å². The highest BCUT2D eigenvalue weighted by atomic mass is 16.2. The van der Waals surface area contributed by atoms with Gasteiger partial charge in [-0.1, -0.05) is 39.3 Å². The van der Waals surface area contributed by atoms with Gasteiger partial charge in [0, 0.05) is 19.3 Å². The molecule has 23 heavy (non-hydrogen) atoms. The molecule has 0 radical (unpaired) electrons. The fourth-order valence-corrected chi connectivity index (χ4v) is 2.31. The summed E-state index contributed by atoms with van der Waals surface area (Å²) >= 11 is 0. The molecule has 4 nitrogen and oxygen atoms in total. The highest BCUT2D eigenvalue weighted by Gasteiger charge is 2.38. The molecule has 0 aliphatic carbocycles. The minimum atomic E-state index is -1.08. The molecular formula is C19H30N2O2. The Morgan fingerprint density at radius 2 is 1.74 bits per heavy atom. The maximum atomic E-state index is 12.5. The number of benzene rings is 1. The van der Waals surface area contributed by atoms with Crippen molar-refractivity contribution in [3.8, 4) is 0 Å². The molecule has 0 aliphatic heterocycles. The number of carbonyl (C=O) groups is 2. The molecule has 0 spiro atoms.